The van der Waals surface area contributed by atoms with E-state index in [1.165, 1.54) is 34.8 Å². The Kier molecular flexibility index (Phi) is 9.62. The van der Waals surface area contributed by atoms with E-state index in [1.807, 2.05) is 24.3 Å². The van der Waals surface area contributed by atoms with Gasteiger partial charge in [0.15, 0.2) is 0 Å². The first-order chi connectivity index (χ1) is 13.1. The summed E-state index contributed by atoms with van der Waals surface area (Å²) in [6.07, 6.45) is 6.08. The Morgan fingerprint density at radius 1 is 1.11 bits per heavy atom. The number of carbonyl (C=O) groups is 1. The smallest absolute Gasteiger partial charge is 0.307 e. The van der Waals surface area contributed by atoms with E-state index in [2.05, 4.69) is 59.1 Å². The van der Waals surface area contributed by atoms with Crippen LogP contribution in [0.15, 0.2) is 48.5 Å². The molecule has 0 spiro atoms. The number of ether oxygens (including phenoxy) is 1. The molecule has 1 aliphatic heterocycles. The largest absolute Gasteiger partial charge is 0.481 e. The Morgan fingerprint density at radius 2 is 1.74 bits per heavy atom. The minimum Gasteiger partial charge on any atom is -0.481 e. The zero-order valence-corrected chi connectivity index (χ0v) is 17.9. The number of epoxide rings is 1. The van der Waals surface area contributed by atoms with Crippen LogP contribution in [-0.4, -0.2) is 23.8 Å². The minimum atomic E-state index is -0.806. The Balaban J connectivity index is 0.000000273. The molecule has 2 N–H and O–H groups in total. The summed E-state index contributed by atoms with van der Waals surface area (Å²) in [6, 6.07) is 15.8. The number of hydrogen-bond donors (Lipinski definition) is 2. The predicted molar refractivity (Wildman–Crippen MR) is 118 cm³/mol. The van der Waals surface area contributed by atoms with Gasteiger partial charge >= 0.3 is 5.97 Å². The van der Waals surface area contributed by atoms with E-state index in [-0.39, 0.29) is 6.42 Å². The third-order valence-electron chi connectivity index (χ3n) is 4.25. The van der Waals surface area contributed by atoms with Gasteiger partial charge in [-0.2, -0.15) is 0 Å². The van der Waals surface area contributed by atoms with Crippen molar-refractivity contribution in [2.24, 2.45) is 0 Å². The van der Waals surface area contributed by atoms with Crippen LogP contribution in [0.25, 0.3) is 0 Å². The first kappa shape index (κ1) is 21.7. The van der Waals surface area contributed by atoms with Crippen LogP contribution in [0.4, 0.5) is 5.69 Å². The van der Waals surface area contributed by atoms with Crippen LogP contribution in [0.3, 0.4) is 0 Å². The molecule has 5 heteroatoms. The van der Waals surface area contributed by atoms with E-state index < -0.39 is 5.97 Å². The molecule has 2 aromatic rings. The number of rotatable bonds is 9. The first-order valence-electron chi connectivity index (χ1n) is 9.47. The number of benzene rings is 2. The van der Waals surface area contributed by atoms with Crippen LogP contribution in [-0.2, 0) is 22.5 Å². The fraction of sp³-hybridized carbons (Fsp3) is 0.409. The van der Waals surface area contributed by atoms with Gasteiger partial charge in [0.2, 0.25) is 0 Å². The van der Waals surface area contributed by atoms with Crippen LogP contribution in [0.1, 0.15) is 43.7 Å². The molecular weight excluding hydrogens is 453 g/mol. The predicted octanol–water partition coefficient (Wildman–Crippen LogP) is 5.50. The summed E-state index contributed by atoms with van der Waals surface area (Å²) in [4.78, 5) is 10.6. The van der Waals surface area contributed by atoms with Gasteiger partial charge in [-0.1, -0.05) is 50.5 Å². The molecule has 27 heavy (non-hydrogen) atoms. The van der Waals surface area contributed by atoms with E-state index in [0.29, 0.717) is 6.10 Å². The van der Waals surface area contributed by atoms with E-state index >= 15 is 0 Å². The van der Waals surface area contributed by atoms with Crippen molar-refractivity contribution in [1.82, 2.24) is 0 Å². The molecule has 0 bridgehead atoms. The molecule has 0 aliphatic carbocycles. The average Bonchev–Trinajstić information content (AvgIpc) is 3.47. The number of halogens is 1. The monoisotopic (exact) mass is 481 g/mol. The number of nitrogens with one attached hydrogen (secondary N) is 1. The van der Waals surface area contributed by atoms with Crippen LogP contribution in [0.2, 0.25) is 0 Å². The van der Waals surface area contributed by atoms with Crippen molar-refractivity contribution in [3.05, 3.63) is 63.2 Å². The van der Waals surface area contributed by atoms with Gasteiger partial charge < -0.3 is 15.2 Å². The number of anilines is 1. The van der Waals surface area contributed by atoms with Crippen molar-refractivity contribution in [1.29, 1.82) is 0 Å². The highest BCUT2D eigenvalue weighted by atomic mass is 127. The molecule has 1 atom stereocenters. The number of unbranched alkanes of at least 4 members (excludes halogenated alkanes) is 2. The zero-order chi connectivity index (χ0) is 19.5. The lowest BCUT2D eigenvalue weighted by molar-refractivity contribution is -0.136. The molecule has 146 valence electrons. The second-order valence-corrected chi connectivity index (χ2v) is 7.94. The summed E-state index contributed by atoms with van der Waals surface area (Å²) in [5.41, 5.74) is 3.02. The average molecular weight is 481 g/mol. The SMILES string of the molecule is CCCCCC1CO1.O=C(O)Cc1ccc(NCc2ccc(I)cc2)cc1. The van der Waals surface area contributed by atoms with Gasteiger partial charge in [0.1, 0.15) is 0 Å². The van der Waals surface area contributed by atoms with E-state index in [4.69, 9.17) is 9.84 Å². The molecule has 0 radical (unpaired) electrons. The highest BCUT2D eigenvalue weighted by Crippen LogP contribution is 2.16. The van der Waals surface area contributed by atoms with Crippen LogP contribution in [0, 0.1) is 3.57 Å². The van der Waals surface area contributed by atoms with Gasteiger partial charge in [0.25, 0.3) is 0 Å². The molecule has 2 aromatic carbocycles. The third-order valence-corrected chi connectivity index (χ3v) is 4.97. The maximum absolute atomic E-state index is 10.6. The second kappa shape index (κ2) is 12.0. The van der Waals surface area contributed by atoms with Crippen molar-refractivity contribution >= 4 is 34.2 Å². The van der Waals surface area contributed by atoms with Crippen LogP contribution < -0.4 is 5.32 Å². The highest BCUT2D eigenvalue weighted by molar-refractivity contribution is 14.1. The van der Waals surface area contributed by atoms with Gasteiger partial charge in [-0.15, -0.1) is 0 Å². The molecule has 3 rings (SSSR count). The van der Waals surface area contributed by atoms with Crippen molar-refractivity contribution in [2.75, 3.05) is 11.9 Å². The van der Waals surface area contributed by atoms with Gasteiger partial charge in [-0.05, 0) is 64.4 Å². The molecular formula is C22H28INO3. The zero-order valence-electron chi connectivity index (χ0n) is 15.8. The molecule has 0 amide bonds. The van der Waals surface area contributed by atoms with Gasteiger partial charge in [-0.25, -0.2) is 0 Å². The van der Waals surface area contributed by atoms with E-state index in [1.54, 1.807) is 0 Å². The minimum absolute atomic E-state index is 0.0669. The summed E-state index contributed by atoms with van der Waals surface area (Å²) in [6.45, 7) is 4.02. The molecule has 1 saturated heterocycles. The van der Waals surface area contributed by atoms with Gasteiger partial charge in [-0.3, -0.25) is 4.79 Å². The summed E-state index contributed by atoms with van der Waals surface area (Å²) < 4.78 is 6.28. The first-order valence-corrected chi connectivity index (χ1v) is 10.6. The van der Waals surface area contributed by atoms with Crippen LogP contribution >= 0.6 is 22.6 Å². The molecule has 0 saturated carbocycles. The van der Waals surface area contributed by atoms with E-state index in [0.717, 1.165) is 24.4 Å². The Morgan fingerprint density at radius 3 is 2.30 bits per heavy atom. The Hall–Kier alpha value is -1.60. The fourth-order valence-corrected chi connectivity index (χ4v) is 2.94. The normalized spacial score (nSPS) is 14.8. The second-order valence-electron chi connectivity index (χ2n) is 6.70. The molecule has 1 heterocycles. The summed E-state index contributed by atoms with van der Waals surface area (Å²) in [7, 11) is 0. The molecule has 1 unspecified atom stereocenters. The lowest BCUT2D eigenvalue weighted by atomic mass is 10.1. The van der Waals surface area contributed by atoms with Crippen LogP contribution in [0.5, 0.6) is 0 Å². The quantitative estimate of drug-likeness (QED) is 0.282. The van der Waals surface area contributed by atoms with Crippen molar-refractivity contribution < 1.29 is 14.6 Å². The summed E-state index contributed by atoms with van der Waals surface area (Å²) in [5.74, 6) is -0.806. The standard InChI is InChI=1S/C15H14INO2.C7H14O/c16-13-5-1-12(2-6-13)10-17-14-7-3-11(4-8-14)9-15(18)19;1-2-3-4-5-7-6-8-7/h1-8,17H,9-10H2,(H,18,19);7H,2-6H2,1H3. The van der Waals surface area contributed by atoms with Crippen molar-refractivity contribution in [3.8, 4) is 0 Å². The van der Waals surface area contributed by atoms with Gasteiger partial charge in [0.05, 0.1) is 19.1 Å². The fourth-order valence-electron chi connectivity index (χ4n) is 2.58. The maximum Gasteiger partial charge on any atom is 0.307 e. The Labute approximate surface area is 175 Å². The number of hydrogen-bond acceptors (Lipinski definition) is 3. The topological polar surface area (TPSA) is 61.9 Å². The lowest BCUT2D eigenvalue weighted by Crippen LogP contribution is -2.01. The highest BCUT2D eigenvalue weighted by Gasteiger charge is 2.20. The molecule has 1 aliphatic rings. The third kappa shape index (κ3) is 9.77. The molecule has 0 aromatic heterocycles. The van der Waals surface area contributed by atoms with Gasteiger partial charge in [0, 0.05) is 15.8 Å². The number of carboxylic acid groups (broad SMARTS) is 1. The van der Waals surface area contributed by atoms with E-state index in [9.17, 15) is 4.79 Å². The Bertz CT molecular complexity index is 682. The van der Waals surface area contributed by atoms with Crippen molar-refractivity contribution in [3.63, 3.8) is 0 Å². The molecule has 4 nitrogen and oxygen atoms in total. The maximum atomic E-state index is 10.6. The number of aliphatic carboxylic acids is 1. The lowest BCUT2D eigenvalue weighted by Gasteiger charge is -2.07. The summed E-state index contributed by atoms with van der Waals surface area (Å²) >= 11 is 2.28. The number of carboxylic acids is 1. The molecule has 1 fully saturated rings. The van der Waals surface area contributed by atoms with Crippen molar-refractivity contribution in [2.45, 2.75) is 51.7 Å². The summed E-state index contributed by atoms with van der Waals surface area (Å²) in [5, 5.41) is 12.0.